The van der Waals surface area contributed by atoms with Gasteiger partial charge in [0.25, 0.3) is 0 Å². The van der Waals surface area contributed by atoms with Gasteiger partial charge in [-0.05, 0) is 25.0 Å². The summed E-state index contributed by atoms with van der Waals surface area (Å²) in [4.78, 5) is 16.3. The minimum atomic E-state index is -4.38. The van der Waals surface area contributed by atoms with Crippen LogP contribution in [0, 0.1) is 5.92 Å². The Morgan fingerprint density at radius 3 is 2.54 bits per heavy atom. The normalized spacial score (nSPS) is 22.7. The Morgan fingerprint density at radius 1 is 1.31 bits per heavy atom. The van der Waals surface area contributed by atoms with Crippen molar-refractivity contribution in [2.45, 2.75) is 31.2 Å². The molecule has 0 aliphatic heterocycles. The van der Waals surface area contributed by atoms with E-state index in [9.17, 15) is 22.4 Å². The highest BCUT2D eigenvalue weighted by Gasteiger charge is 2.46. The highest BCUT2D eigenvalue weighted by molar-refractivity contribution is 7.09. The second-order valence-electron chi connectivity index (χ2n) is 6.38. The number of hydrogen-bond donors (Lipinski definition) is 2. The zero-order valence-electron chi connectivity index (χ0n) is 13.6. The number of rotatable bonds is 5. The van der Waals surface area contributed by atoms with Crippen molar-refractivity contribution in [3.8, 4) is 11.3 Å². The largest absolute Gasteiger partial charge is 0.416 e. The number of aromatic nitrogens is 1. The molecule has 2 aromatic rings. The van der Waals surface area contributed by atoms with E-state index in [0.29, 0.717) is 16.3 Å². The average Bonchev–Trinajstić information content (AvgIpc) is 3.05. The lowest BCUT2D eigenvalue weighted by atomic mass is 9.72. The Morgan fingerprint density at radius 2 is 1.96 bits per heavy atom. The van der Waals surface area contributed by atoms with Crippen molar-refractivity contribution < 1.29 is 22.4 Å². The maximum atomic E-state index is 13.7. The van der Waals surface area contributed by atoms with Gasteiger partial charge in [-0.15, -0.1) is 11.3 Å². The number of carbonyl (C=O) groups excluding carboxylic acids is 1. The first-order valence-electron chi connectivity index (χ1n) is 7.99. The van der Waals surface area contributed by atoms with Crippen LogP contribution < -0.4 is 11.1 Å². The van der Waals surface area contributed by atoms with Crippen LogP contribution in [0.25, 0.3) is 11.3 Å². The molecule has 4 nitrogen and oxygen atoms in total. The lowest BCUT2D eigenvalue weighted by Crippen LogP contribution is -2.51. The van der Waals surface area contributed by atoms with Crippen molar-refractivity contribution in [1.82, 2.24) is 10.3 Å². The van der Waals surface area contributed by atoms with Gasteiger partial charge in [0.2, 0.25) is 5.91 Å². The maximum absolute atomic E-state index is 13.7. The molecule has 1 fully saturated rings. The average molecular weight is 387 g/mol. The minimum Gasteiger partial charge on any atom is -0.349 e. The van der Waals surface area contributed by atoms with Crippen molar-refractivity contribution in [1.29, 1.82) is 0 Å². The SMILES string of the molecule is NCC1(F)CC(C(=O)NCc2nc(-c3ccc(C(F)(F)F)cc3)cs2)C1. The summed E-state index contributed by atoms with van der Waals surface area (Å²) < 4.78 is 51.5. The molecule has 3 rings (SSSR count). The van der Waals surface area contributed by atoms with Gasteiger partial charge in [0.15, 0.2) is 0 Å². The molecule has 1 saturated carbocycles. The summed E-state index contributed by atoms with van der Waals surface area (Å²) in [6, 6.07) is 4.74. The molecule has 26 heavy (non-hydrogen) atoms. The van der Waals surface area contributed by atoms with Gasteiger partial charge in [-0.25, -0.2) is 9.37 Å². The van der Waals surface area contributed by atoms with Gasteiger partial charge < -0.3 is 11.1 Å². The van der Waals surface area contributed by atoms with Crippen LogP contribution in [0.2, 0.25) is 0 Å². The van der Waals surface area contributed by atoms with E-state index >= 15 is 0 Å². The van der Waals surface area contributed by atoms with E-state index in [0.717, 1.165) is 12.1 Å². The van der Waals surface area contributed by atoms with Gasteiger partial charge in [0.1, 0.15) is 10.7 Å². The minimum absolute atomic E-state index is 0.0836. The van der Waals surface area contributed by atoms with Crippen molar-refractivity contribution in [2.75, 3.05) is 6.54 Å². The van der Waals surface area contributed by atoms with E-state index < -0.39 is 17.4 Å². The second kappa shape index (κ2) is 6.96. The van der Waals surface area contributed by atoms with Crippen LogP contribution in [0.3, 0.4) is 0 Å². The first-order chi connectivity index (χ1) is 12.2. The predicted octanol–water partition coefficient (Wildman–Crippen LogP) is 3.52. The summed E-state index contributed by atoms with van der Waals surface area (Å²) >= 11 is 1.30. The molecule has 1 aromatic heterocycles. The third-order valence-corrected chi connectivity index (χ3v) is 5.28. The first kappa shape index (κ1) is 18.8. The molecule has 1 aliphatic rings. The van der Waals surface area contributed by atoms with Gasteiger partial charge in [-0.1, -0.05) is 12.1 Å². The molecule has 0 unspecified atom stereocenters. The highest BCUT2D eigenvalue weighted by Crippen LogP contribution is 2.40. The third kappa shape index (κ3) is 4.04. The van der Waals surface area contributed by atoms with Crippen LogP contribution in [-0.4, -0.2) is 23.1 Å². The lowest BCUT2D eigenvalue weighted by Gasteiger charge is -2.39. The van der Waals surface area contributed by atoms with Crippen LogP contribution in [0.1, 0.15) is 23.4 Å². The fourth-order valence-electron chi connectivity index (χ4n) is 2.84. The van der Waals surface area contributed by atoms with Gasteiger partial charge >= 0.3 is 6.18 Å². The molecular weight excluding hydrogens is 370 g/mol. The molecule has 1 heterocycles. The topological polar surface area (TPSA) is 68.0 Å². The van der Waals surface area contributed by atoms with E-state index in [1.165, 1.54) is 23.5 Å². The summed E-state index contributed by atoms with van der Waals surface area (Å²) in [5, 5.41) is 5.05. The van der Waals surface area contributed by atoms with Gasteiger partial charge in [0, 0.05) is 23.4 Å². The molecule has 1 aliphatic carbocycles. The van der Waals surface area contributed by atoms with E-state index in [2.05, 4.69) is 10.3 Å². The number of benzene rings is 1. The molecule has 1 aromatic carbocycles. The number of alkyl halides is 4. The smallest absolute Gasteiger partial charge is 0.349 e. The molecule has 0 radical (unpaired) electrons. The molecule has 0 spiro atoms. The number of amides is 1. The monoisotopic (exact) mass is 387 g/mol. The fraction of sp³-hybridized carbons (Fsp3) is 0.412. The molecule has 140 valence electrons. The second-order valence-corrected chi connectivity index (χ2v) is 7.32. The number of nitrogens with one attached hydrogen (secondary N) is 1. The number of thiazole rings is 1. The third-order valence-electron chi connectivity index (χ3n) is 4.43. The zero-order chi connectivity index (χ0) is 18.9. The van der Waals surface area contributed by atoms with Crippen LogP contribution >= 0.6 is 11.3 Å². The lowest BCUT2D eigenvalue weighted by molar-refractivity contribution is -0.137. The molecule has 0 saturated heterocycles. The number of carbonyl (C=O) groups is 1. The number of nitrogens with zero attached hydrogens (tertiary/aromatic N) is 1. The van der Waals surface area contributed by atoms with Crippen molar-refractivity contribution in [3.63, 3.8) is 0 Å². The molecule has 3 N–H and O–H groups in total. The summed E-state index contributed by atoms with van der Waals surface area (Å²) in [7, 11) is 0. The highest BCUT2D eigenvalue weighted by atomic mass is 32.1. The molecule has 9 heteroatoms. The summed E-state index contributed by atoms with van der Waals surface area (Å²) in [5.41, 5.74) is 4.27. The van der Waals surface area contributed by atoms with Crippen LogP contribution in [0.5, 0.6) is 0 Å². The quantitative estimate of drug-likeness (QED) is 0.772. The Kier molecular flexibility index (Phi) is 5.03. The molecule has 0 atom stereocenters. The summed E-state index contributed by atoms with van der Waals surface area (Å²) in [6.07, 6.45) is -4.12. The Hall–Kier alpha value is -2.00. The van der Waals surface area contributed by atoms with E-state index in [1.807, 2.05) is 0 Å². The Balaban J connectivity index is 1.56. The summed E-state index contributed by atoms with van der Waals surface area (Å²) in [5.74, 6) is -0.615. The van der Waals surface area contributed by atoms with Gasteiger partial charge in [0.05, 0.1) is 17.8 Å². The molecular formula is C17H17F4N3OS. The Bertz CT molecular complexity index is 782. The van der Waals surface area contributed by atoms with E-state index in [-0.39, 0.29) is 37.8 Å². The number of hydrogen-bond acceptors (Lipinski definition) is 4. The van der Waals surface area contributed by atoms with Crippen LogP contribution in [0.15, 0.2) is 29.6 Å². The standard InChI is InChI=1S/C17H17F4N3OS/c18-16(9-22)5-11(6-16)15(25)23-7-14-24-13(8-26-14)10-1-3-12(4-2-10)17(19,20)21/h1-4,8,11H,5-7,9,22H2,(H,23,25). The molecule has 0 bridgehead atoms. The zero-order valence-corrected chi connectivity index (χ0v) is 14.5. The predicted molar refractivity (Wildman–Crippen MR) is 90.0 cm³/mol. The summed E-state index contributed by atoms with van der Waals surface area (Å²) in [6.45, 7) is 0.113. The van der Waals surface area contributed by atoms with Gasteiger partial charge in [-0.2, -0.15) is 13.2 Å². The van der Waals surface area contributed by atoms with Crippen LogP contribution in [0.4, 0.5) is 17.6 Å². The van der Waals surface area contributed by atoms with Crippen molar-refractivity contribution in [3.05, 3.63) is 40.2 Å². The number of nitrogens with two attached hydrogens (primary N) is 1. The van der Waals surface area contributed by atoms with Gasteiger partial charge in [-0.3, -0.25) is 4.79 Å². The molecule has 1 amide bonds. The van der Waals surface area contributed by atoms with Crippen molar-refractivity contribution in [2.24, 2.45) is 11.7 Å². The van der Waals surface area contributed by atoms with E-state index in [4.69, 9.17) is 5.73 Å². The van der Waals surface area contributed by atoms with E-state index in [1.54, 1.807) is 5.38 Å². The Labute approximate surface area is 151 Å². The number of halogens is 4. The van der Waals surface area contributed by atoms with Crippen LogP contribution in [-0.2, 0) is 17.5 Å². The van der Waals surface area contributed by atoms with Crippen molar-refractivity contribution >= 4 is 17.2 Å². The maximum Gasteiger partial charge on any atom is 0.416 e. The first-order valence-corrected chi connectivity index (χ1v) is 8.87. The fourth-order valence-corrected chi connectivity index (χ4v) is 3.58.